The fraction of sp³-hybridized carbons (Fsp3) is 0.824. The van der Waals surface area contributed by atoms with Crippen molar-refractivity contribution >= 4 is 0 Å². The van der Waals surface area contributed by atoms with Crippen LogP contribution < -0.4 is 5.32 Å². The molecule has 0 bridgehead atoms. The van der Waals surface area contributed by atoms with Crippen LogP contribution in [0.5, 0.6) is 0 Å². The lowest BCUT2D eigenvalue weighted by molar-refractivity contribution is 0.318. The minimum Gasteiger partial charge on any atom is -0.308 e. The van der Waals surface area contributed by atoms with Crippen LogP contribution in [-0.2, 0) is 6.54 Å². The van der Waals surface area contributed by atoms with Crippen molar-refractivity contribution in [3.05, 3.63) is 17.5 Å². The van der Waals surface area contributed by atoms with E-state index in [1.165, 1.54) is 43.4 Å². The van der Waals surface area contributed by atoms with Gasteiger partial charge in [-0.15, -0.1) is 0 Å². The van der Waals surface area contributed by atoms with E-state index in [2.05, 4.69) is 50.8 Å². The van der Waals surface area contributed by atoms with Crippen molar-refractivity contribution in [2.75, 3.05) is 0 Å². The zero-order valence-electron chi connectivity index (χ0n) is 13.9. The Morgan fingerprint density at radius 1 is 1.25 bits per heavy atom. The van der Waals surface area contributed by atoms with Crippen molar-refractivity contribution in [2.45, 2.75) is 90.8 Å². The van der Waals surface area contributed by atoms with Gasteiger partial charge in [-0.25, -0.2) is 0 Å². The van der Waals surface area contributed by atoms with Crippen molar-refractivity contribution in [2.24, 2.45) is 0 Å². The number of aromatic nitrogens is 2. The van der Waals surface area contributed by atoms with E-state index in [9.17, 15) is 0 Å². The van der Waals surface area contributed by atoms with Gasteiger partial charge in [0.15, 0.2) is 0 Å². The maximum atomic E-state index is 4.74. The predicted molar refractivity (Wildman–Crippen MR) is 85.0 cm³/mol. The van der Waals surface area contributed by atoms with Gasteiger partial charge in [0.05, 0.1) is 12.2 Å². The molecule has 0 spiro atoms. The molecular weight excluding hydrogens is 246 g/mol. The van der Waals surface area contributed by atoms with Gasteiger partial charge in [-0.2, -0.15) is 5.10 Å². The number of nitrogens with zero attached hydrogens (tertiary/aromatic N) is 2. The number of rotatable bonds is 4. The Hall–Kier alpha value is -0.830. The molecule has 0 unspecified atom stereocenters. The molecule has 1 heterocycles. The molecule has 3 nitrogen and oxygen atoms in total. The molecular formula is C17H31N3. The Bertz CT molecular complexity index is 420. The molecule has 1 aromatic rings. The molecule has 0 radical (unpaired) electrons. The lowest BCUT2D eigenvalue weighted by atomic mass is 9.94. The molecule has 1 saturated carbocycles. The summed E-state index contributed by atoms with van der Waals surface area (Å²) < 4.78 is 2.34. The second-order valence-corrected chi connectivity index (χ2v) is 7.55. The van der Waals surface area contributed by atoms with Crippen LogP contribution in [0.2, 0.25) is 0 Å². The summed E-state index contributed by atoms with van der Waals surface area (Å²) in [6.45, 7) is 12.1. The van der Waals surface area contributed by atoms with Crippen LogP contribution in [0.4, 0.5) is 0 Å². The van der Waals surface area contributed by atoms with Crippen LogP contribution in [0.15, 0.2) is 6.20 Å². The first-order valence-corrected chi connectivity index (χ1v) is 8.20. The summed E-state index contributed by atoms with van der Waals surface area (Å²) in [4.78, 5) is 0. The van der Waals surface area contributed by atoms with Gasteiger partial charge in [-0.1, -0.05) is 33.1 Å². The van der Waals surface area contributed by atoms with E-state index in [1.807, 2.05) is 0 Å². The molecule has 114 valence electrons. The Morgan fingerprint density at radius 3 is 2.45 bits per heavy atom. The average molecular weight is 277 g/mol. The van der Waals surface area contributed by atoms with E-state index in [4.69, 9.17) is 5.10 Å². The van der Waals surface area contributed by atoms with Crippen molar-refractivity contribution in [1.29, 1.82) is 0 Å². The maximum absolute atomic E-state index is 4.74. The lowest BCUT2D eigenvalue weighted by Crippen LogP contribution is -2.35. The summed E-state index contributed by atoms with van der Waals surface area (Å²) >= 11 is 0. The quantitative estimate of drug-likeness (QED) is 0.884. The first kappa shape index (κ1) is 15.6. The number of hydrogen-bond acceptors (Lipinski definition) is 2. The van der Waals surface area contributed by atoms with Crippen LogP contribution in [0, 0.1) is 0 Å². The first-order chi connectivity index (χ1) is 9.38. The van der Waals surface area contributed by atoms with Gasteiger partial charge in [0.25, 0.3) is 0 Å². The highest BCUT2D eigenvalue weighted by Crippen LogP contribution is 2.32. The number of nitrogens with one attached hydrogen (secondary N) is 1. The summed E-state index contributed by atoms with van der Waals surface area (Å²) in [6.07, 6.45) is 8.80. The Kier molecular flexibility index (Phi) is 4.90. The first-order valence-electron chi connectivity index (χ1n) is 8.20. The van der Waals surface area contributed by atoms with Gasteiger partial charge in [-0.05, 0) is 39.5 Å². The second kappa shape index (κ2) is 6.30. The van der Waals surface area contributed by atoms with Gasteiger partial charge < -0.3 is 5.32 Å². The Labute approximate surface area is 124 Å². The van der Waals surface area contributed by atoms with Gasteiger partial charge in [-0.3, -0.25) is 4.68 Å². The van der Waals surface area contributed by atoms with Crippen LogP contribution in [-0.4, -0.2) is 15.3 Å². The molecule has 2 rings (SSSR count). The van der Waals surface area contributed by atoms with Crippen LogP contribution in [0.3, 0.4) is 0 Å². The highest BCUT2D eigenvalue weighted by molar-refractivity contribution is 5.22. The fourth-order valence-electron chi connectivity index (χ4n) is 3.16. The zero-order chi connectivity index (χ0) is 14.8. The molecule has 20 heavy (non-hydrogen) atoms. The normalized spacial score (nSPS) is 17.9. The number of hydrogen-bond donors (Lipinski definition) is 1. The topological polar surface area (TPSA) is 29.9 Å². The van der Waals surface area contributed by atoms with Crippen molar-refractivity contribution < 1.29 is 0 Å². The third kappa shape index (κ3) is 3.85. The summed E-state index contributed by atoms with van der Waals surface area (Å²) in [5, 5.41) is 8.33. The van der Waals surface area contributed by atoms with Gasteiger partial charge in [0, 0.05) is 23.3 Å². The van der Waals surface area contributed by atoms with E-state index in [0.29, 0.717) is 12.0 Å². The van der Waals surface area contributed by atoms with E-state index >= 15 is 0 Å². The smallest absolute Gasteiger partial charge is 0.0537 e. The molecule has 1 aromatic heterocycles. The highest BCUT2D eigenvalue weighted by atomic mass is 15.3. The Balaban J connectivity index is 2.18. The van der Waals surface area contributed by atoms with Crippen LogP contribution in [0.1, 0.15) is 89.9 Å². The van der Waals surface area contributed by atoms with E-state index in [0.717, 1.165) is 6.54 Å². The minimum atomic E-state index is 0.154. The Morgan fingerprint density at radius 2 is 1.90 bits per heavy atom. The zero-order valence-corrected chi connectivity index (χ0v) is 13.9. The third-order valence-corrected chi connectivity index (χ3v) is 4.19. The van der Waals surface area contributed by atoms with Crippen molar-refractivity contribution in [3.63, 3.8) is 0 Å². The lowest BCUT2D eigenvalue weighted by Gasteiger charge is -2.26. The largest absolute Gasteiger partial charge is 0.308 e. The van der Waals surface area contributed by atoms with E-state index < -0.39 is 0 Å². The molecule has 1 aliphatic rings. The highest BCUT2D eigenvalue weighted by Gasteiger charge is 2.23. The molecule has 0 aliphatic heterocycles. The third-order valence-electron chi connectivity index (χ3n) is 4.19. The van der Waals surface area contributed by atoms with E-state index in [-0.39, 0.29) is 5.54 Å². The summed E-state index contributed by atoms with van der Waals surface area (Å²) in [5.41, 5.74) is 2.97. The van der Waals surface area contributed by atoms with Crippen molar-refractivity contribution in [3.8, 4) is 0 Å². The minimum absolute atomic E-state index is 0.154. The van der Waals surface area contributed by atoms with Gasteiger partial charge in [0.2, 0.25) is 0 Å². The molecule has 0 amide bonds. The van der Waals surface area contributed by atoms with Crippen LogP contribution in [0.25, 0.3) is 0 Å². The molecule has 0 saturated heterocycles. The molecule has 1 N–H and O–H groups in total. The molecule has 1 aliphatic carbocycles. The predicted octanol–water partition coefficient (Wildman–Crippen LogP) is 4.40. The average Bonchev–Trinajstić information content (AvgIpc) is 2.80. The second-order valence-electron chi connectivity index (χ2n) is 7.55. The van der Waals surface area contributed by atoms with E-state index in [1.54, 1.807) is 0 Å². The molecule has 0 aromatic carbocycles. The van der Waals surface area contributed by atoms with Crippen molar-refractivity contribution in [1.82, 2.24) is 15.1 Å². The molecule has 1 fully saturated rings. The monoisotopic (exact) mass is 277 g/mol. The standard InChI is InChI=1S/C17H31N3/c1-13(2)16-14(11-18-17(3,4)5)12-19-20(16)15-9-7-6-8-10-15/h12-13,15,18H,6-11H2,1-5H3. The molecule has 3 heteroatoms. The maximum Gasteiger partial charge on any atom is 0.0537 e. The van der Waals surface area contributed by atoms with Crippen LogP contribution >= 0.6 is 0 Å². The SMILES string of the molecule is CC(C)c1c(CNC(C)(C)C)cnn1C1CCCCC1. The summed E-state index contributed by atoms with van der Waals surface area (Å²) in [7, 11) is 0. The summed E-state index contributed by atoms with van der Waals surface area (Å²) in [6, 6.07) is 0.629. The van der Waals surface area contributed by atoms with Gasteiger partial charge >= 0.3 is 0 Å². The molecule has 0 atom stereocenters. The van der Waals surface area contributed by atoms with Gasteiger partial charge in [0.1, 0.15) is 0 Å². The summed E-state index contributed by atoms with van der Waals surface area (Å²) in [5.74, 6) is 0.538. The fourth-order valence-corrected chi connectivity index (χ4v) is 3.16.